The molecule has 5 nitrogen and oxygen atoms in total. The zero-order chi connectivity index (χ0) is 18.8. The number of carbonyl (C=O) groups excluding carboxylic acids is 1. The summed E-state index contributed by atoms with van der Waals surface area (Å²) in [5.41, 5.74) is 4.17. The van der Waals surface area contributed by atoms with Crippen molar-refractivity contribution in [2.45, 2.75) is 13.8 Å². The fourth-order valence-electron chi connectivity index (χ4n) is 3.53. The summed E-state index contributed by atoms with van der Waals surface area (Å²) in [5, 5.41) is 0. The van der Waals surface area contributed by atoms with Gasteiger partial charge in [-0.15, -0.1) is 0 Å². The zero-order valence-corrected chi connectivity index (χ0v) is 15.8. The van der Waals surface area contributed by atoms with Crippen molar-refractivity contribution < 1.29 is 4.79 Å². The third kappa shape index (κ3) is 3.45. The van der Waals surface area contributed by atoms with Crippen LogP contribution in [0.4, 0.5) is 5.95 Å². The van der Waals surface area contributed by atoms with Crippen molar-refractivity contribution in [3.8, 4) is 5.69 Å². The van der Waals surface area contributed by atoms with E-state index in [1.807, 2.05) is 48.5 Å². The monoisotopic (exact) mass is 360 g/mol. The molecule has 0 aliphatic carbocycles. The van der Waals surface area contributed by atoms with Crippen LogP contribution in [0.15, 0.2) is 60.9 Å². The number of aryl methyl sites for hydroxylation is 2. The summed E-state index contributed by atoms with van der Waals surface area (Å²) in [7, 11) is 0. The van der Waals surface area contributed by atoms with E-state index in [1.54, 1.807) is 0 Å². The zero-order valence-electron chi connectivity index (χ0n) is 15.8. The molecule has 5 heteroatoms. The van der Waals surface area contributed by atoms with Gasteiger partial charge in [0.1, 0.15) is 0 Å². The van der Waals surface area contributed by atoms with Gasteiger partial charge >= 0.3 is 0 Å². The Morgan fingerprint density at radius 1 is 0.926 bits per heavy atom. The molecule has 3 aromatic rings. The Labute approximate surface area is 159 Å². The summed E-state index contributed by atoms with van der Waals surface area (Å²) in [6.45, 7) is 7.04. The average molecular weight is 360 g/mol. The van der Waals surface area contributed by atoms with Crippen molar-refractivity contribution in [2.24, 2.45) is 0 Å². The molecular weight excluding hydrogens is 336 g/mol. The number of aromatic nitrogens is 2. The third-order valence-corrected chi connectivity index (χ3v) is 5.16. The number of rotatable bonds is 3. The maximum atomic E-state index is 12.8. The molecule has 0 atom stereocenters. The van der Waals surface area contributed by atoms with Crippen LogP contribution in [0.5, 0.6) is 0 Å². The number of piperazine rings is 1. The molecule has 0 N–H and O–H groups in total. The Balaban J connectivity index is 1.48. The molecule has 1 aromatic heterocycles. The number of carbonyl (C=O) groups is 1. The van der Waals surface area contributed by atoms with Crippen LogP contribution < -0.4 is 4.90 Å². The molecule has 0 unspecified atom stereocenters. The van der Waals surface area contributed by atoms with Gasteiger partial charge in [-0.2, -0.15) is 0 Å². The summed E-state index contributed by atoms with van der Waals surface area (Å²) in [5.74, 6) is 1.05. The van der Waals surface area contributed by atoms with Gasteiger partial charge in [0.2, 0.25) is 5.95 Å². The van der Waals surface area contributed by atoms with Gasteiger partial charge in [0.25, 0.3) is 5.91 Å². The molecule has 1 amide bonds. The topological polar surface area (TPSA) is 41.4 Å². The number of amides is 1. The molecular formula is C22H24N4O. The molecule has 1 fully saturated rings. The van der Waals surface area contributed by atoms with Crippen LogP contribution in [0.25, 0.3) is 5.69 Å². The molecule has 0 bridgehead atoms. The summed E-state index contributed by atoms with van der Waals surface area (Å²) in [6, 6.07) is 16.2. The molecule has 0 radical (unpaired) electrons. The van der Waals surface area contributed by atoms with E-state index in [1.165, 1.54) is 5.56 Å². The molecule has 138 valence electrons. The highest BCUT2D eigenvalue weighted by Crippen LogP contribution is 2.21. The summed E-state index contributed by atoms with van der Waals surface area (Å²) in [6.07, 6.45) is 3.82. The molecule has 1 saturated heterocycles. The standard InChI is InChI=1S/C22H24N4O/c1-17-7-9-19(10-8-17)26-12-11-23-22(26)25-15-13-24(14-16-25)21(27)20-6-4-3-5-18(20)2/h3-12H,13-16H2,1-2H3. The smallest absolute Gasteiger partial charge is 0.254 e. The first-order valence-electron chi connectivity index (χ1n) is 9.34. The van der Waals surface area contributed by atoms with Crippen LogP contribution >= 0.6 is 0 Å². The number of imidazole rings is 1. The molecule has 0 spiro atoms. The maximum Gasteiger partial charge on any atom is 0.254 e. The van der Waals surface area contributed by atoms with Crippen LogP contribution in [0.2, 0.25) is 0 Å². The van der Waals surface area contributed by atoms with E-state index in [2.05, 4.69) is 45.6 Å². The minimum absolute atomic E-state index is 0.120. The second-order valence-corrected chi connectivity index (χ2v) is 7.03. The van der Waals surface area contributed by atoms with Crippen molar-refractivity contribution in [1.29, 1.82) is 0 Å². The van der Waals surface area contributed by atoms with E-state index in [9.17, 15) is 4.79 Å². The molecule has 27 heavy (non-hydrogen) atoms. The Hall–Kier alpha value is -3.08. The minimum atomic E-state index is 0.120. The predicted octanol–water partition coefficient (Wildman–Crippen LogP) is 3.45. The first-order chi connectivity index (χ1) is 13.1. The second-order valence-electron chi connectivity index (χ2n) is 7.03. The third-order valence-electron chi connectivity index (χ3n) is 5.16. The van der Waals surface area contributed by atoms with Crippen molar-refractivity contribution in [2.75, 3.05) is 31.1 Å². The van der Waals surface area contributed by atoms with E-state index in [0.717, 1.165) is 35.9 Å². The number of nitrogens with zero attached hydrogens (tertiary/aromatic N) is 4. The highest BCUT2D eigenvalue weighted by molar-refractivity contribution is 5.95. The maximum absolute atomic E-state index is 12.8. The van der Waals surface area contributed by atoms with E-state index in [0.29, 0.717) is 13.1 Å². The minimum Gasteiger partial charge on any atom is -0.338 e. The van der Waals surface area contributed by atoms with Gasteiger partial charge in [0, 0.05) is 49.8 Å². The van der Waals surface area contributed by atoms with Gasteiger partial charge in [-0.1, -0.05) is 35.9 Å². The molecule has 2 heterocycles. The van der Waals surface area contributed by atoms with Crippen LogP contribution in [0.3, 0.4) is 0 Å². The van der Waals surface area contributed by atoms with Crippen molar-refractivity contribution in [1.82, 2.24) is 14.5 Å². The van der Waals surface area contributed by atoms with E-state index < -0.39 is 0 Å². The van der Waals surface area contributed by atoms with Crippen LogP contribution in [0, 0.1) is 13.8 Å². The lowest BCUT2D eigenvalue weighted by Gasteiger charge is -2.35. The number of anilines is 1. The van der Waals surface area contributed by atoms with Crippen LogP contribution in [-0.2, 0) is 0 Å². The quantitative estimate of drug-likeness (QED) is 0.718. The first kappa shape index (κ1) is 17.3. The molecule has 2 aromatic carbocycles. The number of hydrogen-bond donors (Lipinski definition) is 0. The van der Waals surface area contributed by atoms with Gasteiger partial charge in [0.05, 0.1) is 0 Å². The van der Waals surface area contributed by atoms with Crippen LogP contribution in [0.1, 0.15) is 21.5 Å². The number of hydrogen-bond acceptors (Lipinski definition) is 3. The van der Waals surface area contributed by atoms with Gasteiger partial charge in [-0.25, -0.2) is 4.98 Å². The lowest BCUT2D eigenvalue weighted by molar-refractivity contribution is 0.0745. The van der Waals surface area contributed by atoms with E-state index >= 15 is 0 Å². The van der Waals surface area contributed by atoms with Crippen molar-refractivity contribution in [3.05, 3.63) is 77.6 Å². The first-order valence-corrected chi connectivity index (χ1v) is 9.34. The van der Waals surface area contributed by atoms with Gasteiger partial charge in [-0.3, -0.25) is 9.36 Å². The van der Waals surface area contributed by atoms with E-state index in [4.69, 9.17) is 0 Å². The van der Waals surface area contributed by atoms with Crippen molar-refractivity contribution in [3.63, 3.8) is 0 Å². The van der Waals surface area contributed by atoms with Crippen LogP contribution in [-0.4, -0.2) is 46.5 Å². The Morgan fingerprint density at radius 3 is 2.33 bits per heavy atom. The average Bonchev–Trinajstić information content (AvgIpc) is 3.18. The Bertz CT molecular complexity index is 937. The summed E-state index contributed by atoms with van der Waals surface area (Å²) >= 11 is 0. The van der Waals surface area contributed by atoms with Gasteiger partial charge in [0.15, 0.2) is 0 Å². The molecule has 1 aliphatic rings. The van der Waals surface area contributed by atoms with Gasteiger partial charge in [-0.05, 0) is 37.6 Å². The van der Waals surface area contributed by atoms with Crippen molar-refractivity contribution >= 4 is 11.9 Å². The van der Waals surface area contributed by atoms with E-state index in [-0.39, 0.29) is 5.91 Å². The molecule has 0 saturated carbocycles. The normalized spacial score (nSPS) is 14.4. The SMILES string of the molecule is Cc1ccc(-n2ccnc2N2CCN(C(=O)c3ccccc3C)CC2)cc1. The lowest BCUT2D eigenvalue weighted by atomic mass is 10.1. The summed E-state index contributed by atoms with van der Waals surface area (Å²) < 4.78 is 2.11. The Morgan fingerprint density at radius 2 is 1.63 bits per heavy atom. The predicted molar refractivity (Wildman–Crippen MR) is 108 cm³/mol. The molecule has 4 rings (SSSR count). The lowest BCUT2D eigenvalue weighted by Crippen LogP contribution is -2.49. The molecule has 1 aliphatic heterocycles. The fraction of sp³-hybridized carbons (Fsp3) is 0.273. The largest absolute Gasteiger partial charge is 0.338 e. The highest BCUT2D eigenvalue weighted by Gasteiger charge is 2.25. The number of benzene rings is 2. The second kappa shape index (κ2) is 7.27. The van der Waals surface area contributed by atoms with Gasteiger partial charge < -0.3 is 9.80 Å². The Kier molecular flexibility index (Phi) is 4.67. The summed E-state index contributed by atoms with van der Waals surface area (Å²) in [4.78, 5) is 21.6. The highest BCUT2D eigenvalue weighted by atomic mass is 16.2. The fourth-order valence-corrected chi connectivity index (χ4v) is 3.53.